The number of halogens is 1. The molecule has 3 aromatic rings. The van der Waals surface area contributed by atoms with Crippen molar-refractivity contribution in [3.63, 3.8) is 0 Å². The molecule has 2 amide bonds. The summed E-state index contributed by atoms with van der Waals surface area (Å²) in [5.74, 6) is -2.20. The second-order valence-electron chi connectivity index (χ2n) is 7.19. The van der Waals surface area contributed by atoms with E-state index >= 15 is 0 Å². The van der Waals surface area contributed by atoms with E-state index in [4.69, 9.17) is 11.6 Å². The predicted molar refractivity (Wildman–Crippen MR) is 121 cm³/mol. The highest BCUT2D eigenvalue weighted by Crippen LogP contribution is 2.42. The van der Waals surface area contributed by atoms with Gasteiger partial charge in [0.2, 0.25) is 5.91 Å². The molecule has 1 atom stereocenters. The molecule has 32 heavy (non-hydrogen) atoms. The lowest BCUT2D eigenvalue weighted by Gasteiger charge is -2.25. The Morgan fingerprint density at radius 3 is 2.50 bits per heavy atom. The van der Waals surface area contributed by atoms with E-state index in [1.165, 1.54) is 18.0 Å². The summed E-state index contributed by atoms with van der Waals surface area (Å²) < 4.78 is 0. The Morgan fingerprint density at radius 2 is 1.84 bits per heavy atom. The van der Waals surface area contributed by atoms with E-state index in [0.29, 0.717) is 27.5 Å². The fourth-order valence-electron chi connectivity index (χ4n) is 3.65. The molecule has 1 aromatic heterocycles. The van der Waals surface area contributed by atoms with Crippen LogP contribution >= 0.6 is 11.6 Å². The average molecular weight is 448 g/mol. The van der Waals surface area contributed by atoms with Gasteiger partial charge in [0.05, 0.1) is 11.6 Å². The highest BCUT2D eigenvalue weighted by atomic mass is 35.5. The van der Waals surface area contributed by atoms with E-state index in [-0.39, 0.29) is 17.2 Å². The number of hydrogen-bond donors (Lipinski definition) is 2. The number of aliphatic hydroxyl groups excluding tert-OH is 1. The second-order valence-corrected chi connectivity index (χ2v) is 7.63. The van der Waals surface area contributed by atoms with E-state index < -0.39 is 17.7 Å². The number of nitrogens with one attached hydrogen (secondary N) is 1. The van der Waals surface area contributed by atoms with Crippen LogP contribution < -0.4 is 10.2 Å². The molecular weight excluding hydrogens is 430 g/mol. The summed E-state index contributed by atoms with van der Waals surface area (Å²) in [6, 6.07) is 15.4. The van der Waals surface area contributed by atoms with Crippen molar-refractivity contribution in [1.82, 2.24) is 4.98 Å². The smallest absolute Gasteiger partial charge is 0.300 e. The Balaban J connectivity index is 1.90. The zero-order valence-corrected chi connectivity index (χ0v) is 17.7. The third-order valence-electron chi connectivity index (χ3n) is 5.01. The number of ketones is 1. The molecule has 1 aliphatic heterocycles. The molecule has 8 heteroatoms. The maximum atomic E-state index is 13.1. The third-order valence-corrected chi connectivity index (χ3v) is 5.26. The number of benzene rings is 2. The average Bonchev–Trinajstić information content (AvgIpc) is 3.05. The number of hydrogen-bond acceptors (Lipinski definition) is 5. The SMILES string of the molecule is CC(=O)Nc1cccc(N2C(=O)C(=O)/C(=C(/O)c3ccc(Cl)cc3)C2c2cccnc2)c1. The molecule has 1 unspecified atom stereocenters. The zero-order chi connectivity index (χ0) is 22.8. The van der Waals surface area contributed by atoms with E-state index in [0.717, 1.165) is 0 Å². The van der Waals surface area contributed by atoms with Crippen molar-refractivity contribution in [3.8, 4) is 0 Å². The van der Waals surface area contributed by atoms with E-state index in [1.807, 2.05) is 0 Å². The standard InChI is InChI=1S/C24H18ClN3O4/c1-14(29)27-18-5-2-6-19(12-18)28-21(16-4-3-11-26-13-16)20(23(31)24(28)32)22(30)15-7-9-17(25)10-8-15/h2-13,21,30H,1H3,(H,27,29)/b22-20+. The van der Waals surface area contributed by atoms with Crippen LogP contribution in [0.5, 0.6) is 0 Å². The van der Waals surface area contributed by atoms with Gasteiger partial charge >= 0.3 is 0 Å². The summed E-state index contributed by atoms with van der Waals surface area (Å²) in [4.78, 5) is 43.1. The first-order valence-corrected chi connectivity index (χ1v) is 10.1. The van der Waals surface area contributed by atoms with Crippen molar-refractivity contribution in [2.75, 3.05) is 10.2 Å². The summed E-state index contributed by atoms with van der Waals surface area (Å²) >= 11 is 5.94. The van der Waals surface area contributed by atoms with Crippen LogP contribution in [0.1, 0.15) is 24.1 Å². The first-order valence-electron chi connectivity index (χ1n) is 9.71. The lowest BCUT2D eigenvalue weighted by atomic mass is 9.96. The number of carbonyl (C=O) groups excluding carboxylic acids is 3. The quantitative estimate of drug-likeness (QED) is 0.352. The molecule has 7 nitrogen and oxygen atoms in total. The minimum Gasteiger partial charge on any atom is -0.507 e. The molecule has 4 rings (SSSR count). The number of carbonyl (C=O) groups is 3. The molecule has 0 aliphatic carbocycles. The molecular formula is C24H18ClN3O4. The molecule has 2 N–H and O–H groups in total. The number of Topliss-reactive ketones (excluding diaryl/α,β-unsaturated/α-hetero) is 1. The molecule has 2 heterocycles. The van der Waals surface area contributed by atoms with Crippen molar-refractivity contribution in [2.24, 2.45) is 0 Å². The minimum absolute atomic E-state index is 0.0600. The zero-order valence-electron chi connectivity index (χ0n) is 16.9. The normalized spacial score (nSPS) is 17.4. The maximum absolute atomic E-state index is 13.1. The summed E-state index contributed by atoms with van der Waals surface area (Å²) in [5, 5.41) is 14.2. The molecule has 1 saturated heterocycles. The monoisotopic (exact) mass is 447 g/mol. The molecule has 1 fully saturated rings. The van der Waals surface area contributed by atoms with Gasteiger partial charge in [0, 0.05) is 41.3 Å². The van der Waals surface area contributed by atoms with Crippen LogP contribution in [0.4, 0.5) is 11.4 Å². The van der Waals surface area contributed by atoms with Crippen molar-refractivity contribution < 1.29 is 19.5 Å². The highest BCUT2D eigenvalue weighted by molar-refractivity contribution is 6.51. The first kappa shape index (κ1) is 21.3. The van der Waals surface area contributed by atoms with Gasteiger partial charge in [0.1, 0.15) is 5.76 Å². The van der Waals surface area contributed by atoms with Crippen LogP contribution in [0, 0.1) is 0 Å². The number of nitrogens with zero attached hydrogens (tertiary/aromatic N) is 2. The molecule has 0 bridgehead atoms. The number of amides is 2. The Labute approximate surface area is 189 Å². The first-order chi connectivity index (χ1) is 15.4. The lowest BCUT2D eigenvalue weighted by Crippen LogP contribution is -2.29. The van der Waals surface area contributed by atoms with Gasteiger partial charge < -0.3 is 10.4 Å². The van der Waals surface area contributed by atoms with E-state index in [9.17, 15) is 19.5 Å². The van der Waals surface area contributed by atoms with Gasteiger partial charge in [-0.1, -0.05) is 23.7 Å². The van der Waals surface area contributed by atoms with Crippen LogP contribution in [0.2, 0.25) is 5.02 Å². The van der Waals surface area contributed by atoms with Gasteiger partial charge in [0.15, 0.2) is 0 Å². The molecule has 0 spiro atoms. The molecule has 1 aliphatic rings. The van der Waals surface area contributed by atoms with Crippen LogP contribution in [-0.4, -0.2) is 27.7 Å². The number of aromatic nitrogens is 1. The summed E-state index contributed by atoms with van der Waals surface area (Å²) in [6.07, 6.45) is 3.11. The van der Waals surface area contributed by atoms with Gasteiger partial charge in [-0.05, 0) is 54.1 Å². The largest absolute Gasteiger partial charge is 0.507 e. The Kier molecular flexibility index (Phi) is 5.75. The third kappa shape index (κ3) is 3.98. The van der Waals surface area contributed by atoms with Gasteiger partial charge in [-0.25, -0.2) is 0 Å². The predicted octanol–water partition coefficient (Wildman–Crippen LogP) is 4.32. The lowest BCUT2D eigenvalue weighted by molar-refractivity contribution is -0.132. The van der Waals surface area contributed by atoms with E-state index in [2.05, 4.69) is 10.3 Å². The second kappa shape index (κ2) is 8.64. The molecule has 2 aromatic carbocycles. The molecule has 160 valence electrons. The summed E-state index contributed by atoms with van der Waals surface area (Å²) in [5.41, 5.74) is 1.71. The fourth-order valence-corrected chi connectivity index (χ4v) is 3.78. The summed E-state index contributed by atoms with van der Waals surface area (Å²) in [6.45, 7) is 1.38. The van der Waals surface area contributed by atoms with Crippen LogP contribution in [-0.2, 0) is 14.4 Å². The molecule has 0 radical (unpaired) electrons. The van der Waals surface area contributed by atoms with E-state index in [1.54, 1.807) is 66.9 Å². The minimum atomic E-state index is -0.910. The van der Waals surface area contributed by atoms with Crippen LogP contribution in [0.25, 0.3) is 5.76 Å². The Bertz CT molecular complexity index is 1240. The summed E-state index contributed by atoms with van der Waals surface area (Å²) in [7, 11) is 0. The van der Waals surface area contributed by atoms with Gasteiger partial charge in [-0.3, -0.25) is 24.3 Å². The number of rotatable bonds is 4. The number of aliphatic hydroxyl groups is 1. The van der Waals surface area contributed by atoms with Crippen molar-refractivity contribution >= 4 is 46.3 Å². The topological polar surface area (TPSA) is 99.6 Å². The van der Waals surface area contributed by atoms with Crippen molar-refractivity contribution in [1.29, 1.82) is 0 Å². The Hall–Kier alpha value is -3.97. The van der Waals surface area contributed by atoms with Gasteiger partial charge in [-0.2, -0.15) is 0 Å². The number of anilines is 2. The Morgan fingerprint density at radius 1 is 1.09 bits per heavy atom. The highest BCUT2D eigenvalue weighted by Gasteiger charge is 2.47. The maximum Gasteiger partial charge on any atom is 0.300 e. The van der Waals surface area contributed by atoms with Crippen LogP contribution in [0.3, 0.4) is 0 Å². The molecule has 0 saturated carbocycles. The van der Waals surface area contributed by atoms with Crippen molar-refractivity contribution in [3.05, 3.63) is 94.8 Å². The fraction of sp³-hybridized carbons (Fsp3) is 0.0833. The van der Waals surface area contributed by atoms with Gasteiger partial charge in [-0.15, -0.1) is 0 Å². The van der Waals surface area contributed by atoms with Gasteiger partial charge in [0.25, 0.3) is 11.7 Å². The number of pyridine rings is 1. The van der Waals surface area contributed by atoms with Crippen molar-refractivity contribution in [2.45, 2.75) is 13.0 Å². The van der Waals surface area contributed by atoms with Crippen LogP contribution in [0.15, 0.2) is 78.6 Å².